The van der Waals surface area contributed by atoms with Gasteiger partial charge < -0.3 is 25.2 Å². The summed E-state index contributed by atoms with van der Waals surface area (Å²) in [5.74, 6) is -2.67. The average molecular weight is 358 g/mol. The first-order valence-corrected chi connectivity index (χ1v) is 7.96. The van der Waals surface area contributed by atoms with E-state index >= 15 is 0 Å². The molecule has 9 heteroatoms. The number of carboxylic acid groups (broad SMARTS) is 1. The number of β-lactam (4-membered cyclic amide) rings is 1. The van der Waals surface area contributed by atoms with Gasteiger partial charge in [-0.3, -0.25) is 9.59 Å². The van der Waals surface area contributed by atoms with Crippen molar-refractivity contribution >= 4 is 34.7 Å². The Labute approximate surface area is 164 Å². The van der Waals surface area contributed by atoms with E-state index in [-0.39, 0.29) is 47.2 Å². The normalized spacial score (nSPS) is 23.3. The number of aliphatic hydroxyl groups is 1. The number of hydrogen-bond acceptors (Lipinski definition) is 6. The number of amides is 2. The Morgan fingerprint density at radius 1 is 1.46 bits per heavy atom. The Balaban J connectivity index is 0.00000208. The number of nitrogens with zero attached hydrogens (tertiary/aromatic N) is 1. The fourth-order valence-electron chi connectivity index (χ4n) is 3.22. The Kier molecular flexibility index (Phi) is 5.56. The van der Waals surface area contributed by atoms with E-state index in [1.807, 2.05) is 0 Å². The van der Waals surface area contributed by atoms with Crippen molar-refractivity contribution in [1.29, 1.82) is 0 Å². The number of carbonyl (C=O) groups is 3. The van der Waals surface area contributed by atoms with Crippen molar-refractivity contribution < 1.29 is 54.2 Å². The molecule has 2 amide bonds. The van der Waals surface area contributed by atoms with Crippen LogP contribution in [0.3, 0.4) is 0 Å². The standard InChI is InChI=1S/C15H16N2O5S.Na/c1-6(18)11-8-5-7(12(15(21)22)17(8)14(11)20)9-3-4-10(23-9)13(19)16-2;/h3-4,6,8,11,18H,5H2,1-2H3,(H,16,19)(H,21,22);/q;+1/p-1. The van der Waals surface area contributed by atoms with Crippen molar-refractivity contribution in [3.63, 3.8) is 0 Å². The minimum absolute atomic E-state index is 0. The van der Waals surface area contributed by atoms with E-state index in [0.29, 0.717) is 21.7 Å². The number of aliphatic hydroxyl groups excluding tert-OH is 1. The minimum Gasteiger partial charge on any atom is -0.543 e. The molecule has 1 saturated heterocycles. The summed E-state index contributed by atoms with van der Waals surface area (Å²) in [5.41, 5.74) is 0.328. The zero-order valence-electron chi connectivity index (χ0n) is 13.5. The quantitative estimate of drug-likeness (QED) is 0.424. The molecule has 1 aromatic rings. The molecule has 0 saturated carbocycles. The molecule has 24 heavy (non-hydrogen) atoms. The van der Waals surface area contributed by atoms with Crippen molar-refractivity contribution in [2.75, 3.05) is 7.05 Å². The van der Waals surface area contributed by atoms with Gasteiger partial charge in [0, 0.05) is 11.9 Å². The van der Waals surface area contributed by atoms with Crippen molar-refractivity contribution in [2.45, 2.75) is 25.5 Å². The molecule has 3 atom stereocenters. The number of fused-ring (bicyclic) bond motifs is 1. The van der Waals surface area contributed by atoms with E-state index in [9.17, 15) is 24.6 Å². The van der Waals surface area contributed by atoms with Crippen LogP contribution >= 0.6 is 11.3 Å². The van der Waals surface area contributed by atoms with Crippen LogP contribution in [0.4, 0.5) is 0 Å². The molecule has 2 N–H and O–H groups in total. The fraction of sp³-hybridized carbons (Fsp3) is 0.400. The summed E-state index contributed by atoms with van der Waals surface area (Å²) in [6.45, 7) is 1.52. The predicted octanol–water partition coefficient (Wildman–Crippen LogP) is -3.82. The summed E-state index contributed by atoms with van der Waals surface area (Å²) in [7, 11) is 1.51. The van der Waals surface area contributed by atoms with Gasteiger partial charge in [0.1, 0.15) is 0 Å². The maximum Gasteiger partial charge on any atom is 1.00 e. The van der Waals surface area contributed by atoms with Crippen LogP contribution < -0.4 is 40.0 Å². The average Bonchev–Trinajstić information content (AvgIpc) is 3.08. The number of rotatable bonds is 4. The molecule has 2 aliphatic rings. The van der Waals surface area contributed by atoms with Crippen LogP contribution in [0.5, 0.6) is 0 Å². The molecule has 1 fully saturated rings. The molecule has 0 aromatic carbocycles. The van der Waals surface area contributed by atoms with Gasteiger partial charge in [-0.05, 0) is 31.1 Å². The van der Waals surface area contributed by atoms with Gasteiger partial charge in [-0.15, -0.1) is 11.3 Å². The maximum absolute atomic E-state index is 12.1. The number of aliphatic carboxylic acids is 1. The number of nitrogens with one attached hydrogen (secondary N) is 1. The van der Waals surface area contributed by atoms with Crippen LogP contribution in [0.2, 0.25) is 0 Å². The molecule has 7 nitrogen and oxygen atoms in total. The van der Waals surface area contributed by atoms with Gasteiger partial charge in [0.25, 0.3) is 5.91 Å². The molecular formula is C15H15N2NaO5S. The largest absolute Gasteiger partial charge is 1.00 e. The smallest absolute Gasteiger partial charge is 0.543 e. The van der Waals surface area contributed by atoms with E-state index < -0.39 is 23.9 Å². The van der Waals surface area contributed by atoms with Gasteiger partial charge in [-0.1, -0.05) is 0 Å². The second-order valence-corrected chi connectivity index (χ2v) is 6.69. The second kappa shape index (κ2) is 6.97. The van der Waals surface area contributed by atoms with Gasteiger partial charge >= 0.3 is 29.6 Å². The van der Waals surface area contributed by atoms with E-state index in [2.05, 4.69) is 5.32 Å². The molecule has 2 aliphatic heterocycles. The zero-order valence-corrected chi connectivity index (χ0v) is 16.3. The van der Waals surface area contributed by atoms with Gasteiger partial charge in [-0.25, -0.2) is 0 Å². The van der Waals surface area contributed by atoms with Gasteiger partial charge in [-0.2, -0.15) is 0 Å². The van der Waals surface area contributed by atoms with Crippen LogP contribution in [0, 0.1) is 5.92 Å². The first-order chi connectivity index (χ1) is 10.9. The van der Waals surface area contributed by atoms with E-state index in [1.165, 1.54) is 30.2 Å². The molecule has 1 aromatic heterocycles. The van der Waals surface area contributed by atoms with Crippen LogP contribution in [-0.4, -0.2) is 47.0 Å². The molecule has 3 rings (SSSR count). The van der Waals surface area contributed by atoms with E-state index in [4.69, 9.17) is 0 Å². The third-order valence-electron chi connectivity index (χ3n) is 4.28. The molecular weight excluding hydrogens is 343 g/mol. The molecule has 3 heterocycles. The first kappa shape index (κ1) is 19.1. The Bertz CT molecular complexity index is 742. The molecule has 0 radical (unpaired) electrons. The number of hydrogen-bond donors (Lipinski definition) is 2. The second-order valence-electron chi connectivity index (χ2n) is 5.60. The number of carbonyl (C=O) groups excluding carboxylic acids is 3. The Hall–Kier alpha value is -1.19. The van der Waals surface area contributed by atoms with Crippen LogP contribution in [-0.2, 0) is 9.59 Å². The van der Waals surface area contributed by atoms with Crippen LogP contribution in [0.15, 0.2) is 17.8 Å². The van der Waals surface area contributed by atoms with Crippen LogP contribution in [0.25, 0.3) is 5.57 Å². The number of carboxylic acids is 1. The third kappa shape index (κ3) is 2.82. The topological polar surface area (TPSA) is 110 Å². The minimum atomic E-state index is -1.42. The summed E-state index contributed by atoms with van der Waals surface area (Å²) in [6.07, 6.45) is -0.505. The van der Waals surface area contributed by atoms with Crippen molar-refractivity contribution in [3.05, 3.63) is 27.6 Å². The van der Waals surface area contributed by atoms with E-state index in [1.54, 1.807) is 12.1 Å². The first-order valence-electron chi connectivity index (χ1n) is 7.14. The maximum atomic E-state index is 12.1. The Morgan fingerprint density at radius 3 is 2.67 bits per heavy atom. The molecule has 122 valence electrons. The predicted molar refractivity (Wildman–Crippen MR) is 80.1 cm³/mol. The van der Waals surface area contributed by atoms with Crippen molar-refractivity contribution in [2.24, 2.45) is 5.92 Å². The molecule has 3 unspecified atom stereocenters. The third-order valence-corrected chi connectivity index (χ3v) is 5.42. The van der Waals surface area contributed by atoms with Crippen molar-refractivity contribution in [3.8, 4) is 0 Å². The summed E-state index contributed by atoms with van der Waals surface area (Å²) in [6, 6.07) is 2.92. The van der Waals surface area contributed by atoms with Crippen molar-refractivity contribution in [1.82, 2.24) is 10.2 Å². The van der Waals surface area contributed by atoms with Crippen LogP contribution in [0.1, 0.15) is 27.9 Å². The van der Waals surface area contributed by atoms with Gasteiger partial charge in [0.05, 0.1) is 34.6 Å². The molecule has 0 aliphatic carbocycles. The summed E-state index contributed by atoms with van der Waals surface area (Å²) >= 11 is 1.17. The Morgan fingerprint density at radius 2 is 2.12 bits per heavy atom. The molecule has 0 spiro atoms. The summed E-state index contributed by atoms with van der Waals surface area (Å²) < 4.78 is 0. The molecule has 0 bridgehead atoms. The summed E-state index contributed by atoms with van der Waals surface area (Å²) in [4.78, 5) is 37.5. The summed E-state index contributed by atoms with van der Waals surface area (Å²) in [5, 5.41) is 23.7. The fourth-order valence-corrected chi connectivity index (χ4v) is 4.23. The monoisotopic (exact) mass is 358 g/mol. The SMILES string of the molecule is CNC(=O)c1ccc(C2=C(C(=O)[O-])N3C(=O)C(C(C)O)C3C2)s1.[Na+]. The number of thiophene rings is 1. The zero-order chi connectivity index (χ0) is 16.9. The van der Waals surface area contributed by atoms with Gasteiger partial charge in [0.2, 0.25) is 5.91 Å². The van der Waals surface area contributed by atoms with E-state index in [0.717, 1.165) is 0 Å². The van der Waals surface area contributed by atoms with Gasteiger partial charge in [0.15, 0.2) is 0 Å².